The van der Waals surface area contributed by atoms with Crippen LogP contribution in [-0.2, 0) is 42.9 Å². The van der Waals surface area contributed by atoms with Crippen molar-refractivity contribution >= 4 is 23.4 Å². The summed E-state index contributed by atoms with van der Waals surface area (Å²) in [4.78, 5) is 57.7. The van der Waals surface area contributed by atoms with Crippen LogP contribution < -0.4 is 0 Å². The van der Waals surface area contributed by atoms with Crippen molar-refractivity contribution < 1.29 is 58.2 Å². The zero-order valence-electron chi connectivity index (χ0n) is 35.4. The fourth-order valence-corrected chi connectivity index (χ4v) is 9.45. The average Bonchev–Trinajstić information content (AvgIpc) is 3.18. The highest BCUT2D eigenvalue weighted by molar-refractivity contribution is 6.39. The highest BCUT2D eigenvalue weighted by Crippen LogP contribution is 2.39. The standard InChI is InChI=1S/C44H69NO12/c1-10-13-30-19-25(2)18-26(3)20-37(54-8)40-38(55-9)22-29(6)44(52,57-40)41(49)42(50)45-17-12-11-14-32(45)43(51)56-39(31-15-16-33(46)36(23-31)53-7)28(5)21-27(4)34(47)24-35(30)48/h10,19,21,26-27,29-34,36-40,46-47,52H,1,11-18,20,22-24H2,2-9H3/b25-19+,28-21+/t26-,27+,29+,30+,31+,32?,33?,34+,36?,37-,38-,39-,40+,44-/m0/s1. The number of rotatable bonds is 6. The van der Waals surface area contributed by atoms with Crippen LogP contribution in [0.25, 0.3) is 0 Å². The zero-order valence-corrected chi connectivity index (χ0v) is 35.4. The highest BCUT2D eigenvalue weighted by Gasteiger charge is 2.56. The normalized spacial score (nSPS) is 41.9. The minimum absolute atomic E-state index is 0.0107. The van der Waals surface area contributed by atoms with Crippen LogP contribution in [0.15, 0.2) is 36.0 Å². The molecule has 2 saturated heterocycles. The van der Waals surface area contributed by atoms with Crippen LogP contribution in [0.1, 0.15) is 105 Å². The molecule has 13 nitrogen and oxygen atoms in total. The van der Waals surface area contributed by atoms with Crippen LogP contribution in [0.4, 0.5) is 0 Å². The van der Waals surface area contributed by atoms with E-state index in [1.54, 1.807) is 13.0 Å². The number of methoxy groups -OCH3 is 3. The number of aliphatic hydroxyl groups excluding tert-OH is 2. The van der Waals surface area contributed by atoms with Crippen LogP contribution in [0.5, 0.6) is 0 Å². The van der Waals surface area contributed by atoms with Gasteiger partial charge in [0.05, 0.1) is 30.5 Å². The van der Waals surface area contributed by atoms with E-state index < -0.39 is 90.0 Å². The van der Waals surface area contributed by atoms with E-state index in [0.717, 1.165) is 5.57 Å². The van der Waals surface area contributed by atoms with E-state index in [-0.39, 0.29) is 43.4 Å². The molecule has 0 aromatic heterocycles. The van der Waals surface area contributed by atoms with Gasteiger partial charge in [-0.1, -0.05) is 44.6 Å². The Morgan fingerprint density at radius 2 is 1.54 bits per heavy atom. The lowest BCUT2D eigenvalue weighted by atomic mass is 9.79. The summed E-state index contributed by atoms with van der Waals surface area (Å²) in [6, 6.07) is -1.10. The molecule has 1 saturated carbocycles. The first kappa shape index (κ1) is 46.9. The number of cyclic esters (lactones) is 1. The fraction of sp³-hybridized carbons (Fsp3) is 0.773. The second-order valence-corrected chi connectivity index (χ2v) is 17.3. The summed E-state index contributed by atoms with van der Waals surface area (Å²) >= 11 is 0. The number of esters is 1. The van der Waals surface area contributed by atoms with Gasteiger partial charge in [-0.25, -0.2) is 4.79 Å². The Hall–Kier alpha value is -2.78. The van der Waals surface area contributed by atoms with Gasteiger partial charge in [0.2, 0.25) is 5.79 Å². The van der Waals surface area contributed by atoms with Crippen molar-refractivity contribution in [2.45, 2.75) is 160 Å². The van der Waals surface area contributed by atoms with Gasteiger partial charge in [-0.3, -0.25) is 14.4 Å². The third-order valence-corrected chi connectivity index (χ3v) is 12.9. The second-order valence-electron chi connectivity index (χ2n) is 17.3. The molecule has 13 heteroatoms. The van der Waals surface area contributed by atoms with Crippen LogP contribution in [-0.4, -0.2) is 126 Å². The minimum atomic E-state index is -2.51. The molecule has 57 heavy (non-hydrogen) atoms. The second kappa shape index (κ2) is 21.0. The number of carbonyl (C=O) groups excluding carboxylic acids is 4. The van der Waals surface area contributed by atoms with Gasteiger partial charge in [0, 0.05) is 58.0 Å². The maximum Gasteiger partial charge on any atom is 0.329 e. The summed E-state index contributed by atoms with van der Waals surface area (Å²) in [6.07, 6.45) is 4.67. The molecule has 14 atom stereocenters. The molecular formula is C44H69NO12. The largest absolute Gasteiger partial charge is 0.456 e. The molecule has 0 aromatic rings. The van der Waals surface area contributed by atoms with Crippen molar-refractivity contribution in [2.75, 3.05) is 27.9 Å². The molecule has 4 rings (SSSR count). The topological polar surface area (TPSA) is 178 Å². The predicted molar refractivity (Wildman–Crippen MR) is 213 cm³/mol. The lowest BCUT2D eigenvalue weighted by Gasteiger charge is -2.47. The Balaban J connectivity index is 1.78. The van der Waals surface area contributed by atoms with Crippen molar-refractivity contribution in [3.05, 3.63) is 36.0 Å². The summed E-state index contributed by atoms with van der Waals surface area (Å²) in [7, 11) is 4.58. The Morgan fingerprint density at radius 3 is 2.19 bits per heavy atom. The number of Topliss-reactive ketones (excluding diaryl/α,β-unsaturated/α-hetero) is 2. The number of aliphatic hydroxyl groups is 3. The number of allylic oxidation sites excluding steroid dienone is 3. The summed E-state index contributed by atoms with van der Waals surface area (Å²) in [6.45, 7) is 13.2. The molecule has 0 spiro atoms. The molecule has 1 aliphatic carbocycles. The first-order valence-electron chi connectivity index (χ1n) is 20.9. The van der Waals surface area contributed by atoms with Gasteiger partial charge in [-0.15, -0.1) is 6.58 Å². The average molecular weight is 804 g/mol. The van der Waals surface area contributed by atoms with E-state index >= 15 is 0 Å². The van der Waals surface area contributed by atoms with E-state index in [2.05, 4.69) is 6.58 Å². The summed E-state index contributed by atoms with van der Waals surface area (Å²) < 4.78 is 29.9. The number of hydrogen-bond acceptors (Lipinski definition) is 12. The van der Waals surface area contributed by atoms with Gasteiger partial charge in [-0.05, 0) is 89.5 Å². The maximum absolute atomic E-state index is 14.3. The summed E-state index contributed by atoms with van der Waals surface area (Å²) in [5.74, 6) is -7.58. The third-order valence-electron chi connectivity index (χ3n) is 12.9. The Labute approximate surface area is 339 Å². The van der Waals surface area contributed by atoms with Gasteiger partial charge in [0.25, 0.3) is 11.7 Å². The Bertz CT molecular complexity index is 1480. The van der Waals surface area contributed by atoms with Gasteiger partial charge in [0.1, 0.15) is 24.0 Å². The molecule has 3 unspecified atom stereocenters. The lowest BCUT2D eigenvalue weighted by molar-refractivity contribution is -0.302. The van der Waals surface area contributed by atoms with Crippen LogP contribution in [0.3, 0.4) is 0 Å². The predicted octanol–water partition coefficient (Wildman–Crippen LogP) is 4.64. The van der Waals surface area contributed by atoms with E-state index in [4.69, 9.17) is 23.7 Å². The molecule has 0 aromatic carbocycles. The van der Waals surface area contributed by atoms with E-state index in [0.29, 0.717) is 56.9 Å². The first-order chi connectivity index (χ1) is 27.0. The van der Waals surface area contributed by atoms with Crippen LogP contribution >= 0.6 is 0 Å². The smallest absolute Gasteiger partial charge is 0.329 e. The van der Waals surface area contributed by atoms with Crippen LogP contribution in [0.2, 0.25) is 0 Å². The number of ketones is 2. The van der Waals surface area contributed by atoms with E-state index in [1.165, 1.54) is 26.2 Å². The molecule has 2 bridgehead atoms. The number of fused-ring (bicyclic) bond motifs is 3. The molecule has 4 aliphatic rings. The molecule has 0 radical (unpaired) electrons. The summed E-state index contributed by atoms with van der Waals surface area (Å²) in [5.41, 5.74) is 1.62. The Kier molecular flexibility index (Phi) is 17.2. The fourth-order valence-electron chi connectivity index (χ4n) is 9.45. The SMILES string of the molecule is C=CC[C@@H]1/C=C(\C)C[C@H](C)C[C@H](OC)[C@H]2O[C@](O)(C(=O)C(=O)N3CCCCC3C(=O)O[C@H]([C@@H]3CCC(O)C(OC)C3)/C(C)=C/[C@@H](C)[C@H](O)CC1=O)[C@H](C)C[C@@H]2OC. The number of ether oxygens (including phenoxy) is 5. The highest BCUT2D eigenvalue weighted by atomic mass is 16.7. The maximum atomic E-state index is 14.3. The lowest BCUT2D eigenvalue weighted by Crippen LogP contribution is -2.64. The van der Waals surface area contributed by atoms with Gasteiger partial charge in [-0.2, -0.15) is 0 Å². The molecule has 3 fully saturated rings. The number of piperidine rings is 1. The number of carbonyl (C=O) groups is 4. The van der Waals surface area contributed by atoms with Crippen molar-refractivity contribution in [2.24, 2.45) is 29.6 Å². The molecule has 3 heterocycles. The molecule has 322 valence electrons. The monoisotopic (exact) mass is 803 g/mol. The van der Waals surface area contributed by atoms with Gasteiger partial charge in [0.15, 0.2) is 0 Å². The van der Waals surface area contributed by atoms with Gasteiger partial charge >= 0.3 is 5.97 Å². The van der Waals surface area contributed by atoms with Crippen LogP contribution in [0, 0.1) is 29.6 Å². The number of nitrogens with zero attached hydrogens (tertiary/aromatic N) is 1. The summed E-state index contributed by atoms with van der Waals surface area (Å²) in [5, 5.41) is 34.0. The molecule has 1 amide bonds. The van der Waals surface area contributed by atoms with Crippen molar-refractivity contribution in [1.82, 2.24) is 4.90 Å². The quantitative estimate of drug-likeness (QED) is 0.193. The van der Waals surface area contributed by atoms with E-state index in [1.807, 2.05) is 39.8 Å². The number of hydrogen-bond donors (Lipinski definition) is 3. The van der Waals surface area contributed by atoms with Gasteiger partial charge < -0.3 is 43.9 Å². The van der Waals surface area contributed by atoms with Crippen molar-refractivity contribution in [3.63, 3.8) is 0 Å². The zero-order chi connectivity index (χ0) is 42.2. The van der Waals surface area contributed by atoms with Crippen molar-refractivity contribution in [3.8, 4) is 0 Å². The molecular weight excluding hydrogens is 734 g/mol. The van der Waals surface area contributed by atoms with Crippen molar-refractivity contribution in [1.29, 1.82) is 0 Å². The first-order valence-corrected chi connectivity index (χ1v) is 20.9. The molecule has 3 aliphatic heterocycles. The number of amides is 1. The Morgan fingerprint density at radius 1 is 0.877 bits per heavy atom. The third kappa shape index (κ3) is 11.3. The van der Waals surface area contributed by atoms with E-state index in [9.17, 15) is 34.5 Å². The minimum Gasteiger partial charge on any atom is -0.456 e. The molecule has 3 N–H and O–H groups in total.